The van der Waals surface area contributed by atoms with Crippen LogP contribution in [-0.4, -0.2) is 22.1 Å². The number of carbonyl (C=O) groups is 1. The summed E-state index contributed by atoms with van der Waals surface area (Å²) in [7, 11) is 0. The first kappa shape index (κ1) is 16.5. The molecule has 0 bridgehead atoms. The third kappa shape index (κ3) is 4.34. The molecule has 0 radical (unpaired) electrons. The van der Waals surface area contributed by atoms with Crippen molar-refractivity contribution in [3.63, 3.8) is 0 Å². The van der Waals surface area contributed by atoms with Crippen LogP contribution in [0.5, 0.6) is 0 Å². The van der Waals surface area contributed by atoms with Crippen LogP contribution in [0.3, 0.4) is 0 Å². The first-order chi connectivity index (χ1) is 11.7. The van der Waals surface area contributed by atoms with Crippen LogP contribution in [0.1, 0.15) is 60.8 Å². The van der Waals surface area contributed by atoms with E-state index in [-0.39, 0.29) is 5.91 Å². The SMILES string of the molecule is CCCc1cc(CNC(=O)c2ccc(NC3CCCC3)nc2)on1. The predicted octanol–water partition coefficient (Wildman–Crippen LogP) is 3.31. The van der Waals surface area contributed by atoms with Crippen LogP contribution >= 0.6 is 0 Å². The zero-order chi connectivity index (χ0) is 16.8. The number of rotatable bonds is 7. The van der Waals surface area contributed by atoms with E-state index in [4.69, 9.17) is 4.52 Å². The lowest BCUT2D eigenvalue weighted by atomic mass is 10.2. The summed E-state index contributed by atoms with van der Waals surface area (Å²) in [5.74, 6) is 1.33. The van der Waals surface area contributed by atoms with Crippen molar-refractivity contribution in [3.05, 3.63) is 41.4 Å². The Morgan fingerprint density at radius 2 is 2.17 bits per heavy atom. The van der Waals surface area contributed by atoms with Crippen LogP contribution in [-0.2, 0) is 13.0 Å². The number of aromatic nitrogens is 2. The van der Waals surface area contributed by atoms with Gasteiger partial charge in [-0.05, 0) is 31.4 Å². The number of hydrogen-bond acceptors (Lipinski definition) is 5. The monoisotopic (exact) mass is 328 g/mol. The summed E-state index contributed by atoms with van der Waals surface area (Å²) in [5, 5.41) is 10.2. The molecule has 3 rings (SSSR count). The number of carbonyl (C=O) groups excluding carboxylic acids is 1. The van der Waals surface area contributed by atoms with Crippen molar-refractivity contribution >= 4 is 11.7 Å². The molecule has 1 amide bonds. The standard InChI is InChI=1S/C18H24N4O2/c1-2-5-15-10-16(24-22-15)12-20-18(23)13-8-9-17(19-11-13)21-14-6-3-4-7-14/h8-11,14H,2-7,12H2,1H3,(H,19,21)(H,20,23). The number of hydrogen-bond donors (Lipinski definition) is 2. The van der Waals surface area contributed by atoms with Gasteiger partial charge in [0, 0.05) is 18.3 Å². The van der Waals surface area contributed by atoms with Crippen LogP contribution in [0.4, 0.5) is 5.82 Å². The van der Waals surface area contributed by atoms with E-state index in [2.05, 4.69) is 27.7 Å². The molecular weight excluding hydrogens is 304 g/mol. The van der Waals surface area contributed by atoms with E-state index in [0.717, 1.165) is 24.4 Å². The van der Waals surface area contributed by atoms with Crippen molar-refractivity contribution in [3.8, 4) is 0 Å². The van der Waals surface area contributed by atoms with Gasteiger partial charge < -0.3 is 15.2 Å². The summed E-state index contributed by atoms with van der Waals surface area (Å²) >= 11 is 0. The molecule has 0 unspecified atom stereocenters. The molecule has 2 N–H and O–H groups in total. The van der Waals surface area contributed by atoms with E-state index in [1.54, 1.807) is 12.3 Å². The zero-order valence-corrected chi connectivity index (χ0v) is 14.0. The first-order valence-corrected chi connectivity index (χ1v) is 8.70. The molecule has 2 heterocycles. The number of nitrogens with one attached hydrogen (secondary N) is 2. The summed E-state index contributed by atoms with van der Waals surface area (Å²) in [5.41, 5.74) is 1.46. The van der Waals surface area contributed by atoms with Gasteiger partial charge in [-0.25, -0.2) is 4.98 Å². The lowest BCUT2D eigenvalue weighted by Crippen LogP contribution is -2.23. The Balaban J connectivity index is 1.50. The summed E-state index contributed by atoms with van der Waals surface area (Å²) < 4.78 is 5.21. The Hall–Kier alpha value is -2.37. The molecule has 0 spiro atoms. The molecule has 1 aliphatic carbocycles. The van der Waals surface area contributed by atoms with Gasteiger partial charge in [0.25, 0.3) is 5.91 Å². The Morgan fingerprint density at radius 1 is 1.33 bits per heavy atom. The van der Waals surface area contributed by atoms with E-state index >= 15 is 0 Å². The highest BCUT2D eigenvalue weighted by Crippen LogP contribution is 2.21. The van der Waals surface area contributed by atoms with Crippen molar-refractivity contribution in [2.24, 2.45) is 0 Å². The third-order valence-electron chi connectivity index (χ3n) is 4.27. The third-order valence-corrected chi connectivity index (χ3v) is 4.27. The lowest BCUT2D eigenvalue weighted by Gasteiger charge is -2.12. The molecule has 2 aromatic rings. The fourth-order valence-corrected chi connectivity index (χ4v) is 2.98. The molecule has 128 valence electrons. The predicted molar refractivity (Wildman–Crippen MR) is 91.8 cm³/mol. The highest BCUT2D eigenvalue weighted by Gasteiger charge is 2.15. The van der Waals surface area contributed by atoms with Crippen LogP contribution in [0.15, 0.2) is 28.9 Å². The van der Waals surface area contributed by atoms with Crippen molar-refractivity contribution in [1.29, 1.82) is 0 Å². The maximum absolute atomic E-state index is 12.2. The first-order valence-electron chi connectivity index (χ1n) is 8.70. The molecule has 1 aliphatic rings. The van der Waals surface area contributed by atoms with Crippen molar-refractivity contribution in [2.45, 2.75) is 58.0 Å². The van der Waals surface area contributed by atoms with Crippen LogP contribution in [0, 0.1) is 0 Å². The molecule has 1 fully saturated rings. The van der Waals surface area contributed by atoms with Gasteiger partial charge in [-0.2, -0.15) is 0 Å². The van der Waals surface area contributed by atoms with Gasteiger partial charge in [0.1, 0.15) is 5.82 Å². The van der Waals surface area contributed by atoms with Crippen LogP contribution in [0.25, 0.3) is 0 Å². The van der Waals surface area contributed by atoms with E-state index in [1.165, 1.54) is 25.7 Å². The van der Waals surface area contributed by atoms with E-state index < -0.39 is 0 Å². The topological polar surface area (TPSA) is 80.0 Å². The summed E-state index contributed by atoms with van der Waals surface area (Å²) in [6.07, 6.45) is 8.46. The fourth-order valence-electron chi connectivity index (χ4n) is 2.98. The van der Waals surface area contributed by atoms with Gasteiger partial charge in [-0.3, -0.25) is 4.79 Å². The lowest BCUT2D eigenvalue weighted by molar-refractivity contribution is 0.0946. The Morgan fingerprint density at radius 3 is 2.88 bits per heavy atom. The quantitative estimate of drug-likeness (QED) is 0.815. The van der Waals surface area contributed by atoms with Gasteiger partial charge in [0.15, 0.2) is 5.76 Å². The largest absolute Gasteiger partial charge is 0.367 e. The average molecular weight is 328 g/mol. The van der Waals surface area contributed by atoms with Crippen molar-refractivity contribution in [1.82, 2.24) is 15.5 Å². The van der Waals surface area contributed by atoms with Gasteiger partial charge >= 0.3 is 0 Å². The molecule has 0 aromatic carbocycles. The molecule has 1 saturated carbocycles. The van der Waals surface area contributed by atoms with Gasteiger partial charge in [-0.15, -0.1) is 0 Å². The minimum Gasteiger partial charge on any atom is -0.367 e. The molecular formula is C18H24N4O2. The number of nitrogens with zero attached hydrogens (tertiary/aromatic N) is 2. The second kappa shape index (κ2) is 7.95. The number of amides is 1. The summed E-state index contributed by atoms with van der Waals surface area (Å²) in [4.78, 5) is 16.5. The van der Waals surface area contributed by atoms with E-state index in [0.29, 0.717) is 23.9 Å². The Kier molecular flexibility index (Phi) is 5.46. The molecule has 2 aromatic heterocycles. The van der Waals surface area contributed by atoms with Crippen LogP contribution in [0.2, 0.25) is 0 Å². The Labute approximate surface area is 142 Å². The van der Waals surface area contributed by atoms with Gasteiger partial charge in [0.2, 0.25) is 0 Å². The highest BCUT2D eigenvalue weighted by molar-refractivity contribution is 5.93. The number of aryl methyl sites for hydroxylation is 1. The van der Waals surface area contributed by atoms with Gasteiger partial charge in [-0.1, -0.05) is 31.3 Å². The number of pyridine rings is 1. The zero-order valence-electron chi connectivity index (χ0n) is 14.0. The molecule has 24 heavy (non-hydrogen) atoms. The van der Waals surface area contributed by atoms with E-state index in [1.807, 2.05) is 12.1 Å². The van der Waals surface area contributed by atoms with Gasteiger partial charge in [0.05, 0.1) is 17.8 Å². The normalized spacial score (nSPS) is 14.7. The minimum absolute atomic E-state index is 0.164. The van der Waals surface area contributed by atoms with Crippen LogP contribution < -0.4 is 10.6 Å². The maximum Gasteiger partial charge on any atom is 0.253 e. The highest BCUT2D eigenvalue weighted by atomic mass is 16.5. The maximum atomic E-state index is 12.2. The smallest absolute Gasteiger partial charge is 0.253 e. The number of anilines is 1. The molecule has 6 nitrogen and oxygen atoms in total. The second-order valence-electron chi connectivity index (χ2n) is 6.28. The summed E-state index contributed by atoms with van der Waals surface area (Å²) in [6, 6.07) is 6.06. The van der Waals surface area contributed by atoms with Crippen molar-refractivity contribution < 1.29 is 9.32 Å². The second-order valence-corrected chi connectivity index (χ2v) is 6.28. The van der Waals surface area contributed by atoms with E-state index in [9.17, 15) is 4.79 Å². The summed E-state index contributed by atoms with van der Waals surface area (Å²) in [6.45, 7) is 2.42. The molecule has 0 saturated heterocycles. The minimum atomic E-state index is -0.164. The molecule has 0 atom stereocenters. The molecule has 0 aliphatic heterocycles. The fraction of sp³-hybridized carbons (Fsp3) is 0.500. The molecule has 6 heteroatoms. The Bertz CT molecular complexity index is 660. The average Bonchev–Trinajstić information content (AvgIpc) is 3.26. The van der Waals surface area contributed by atoms with Crippen molar-refractivity contribution in [2.75, 3.05) is 5.32 Å².